The van der Waals surface area contributed by atoms with Gasteiger partial charge < -0.3 is 20.1 Å². The van der Waals surface area contributed by atoms with Gasteiger partial charge in [0.05, 0.1) is 13.0 Å². The Balaban J connectivity index is 1.95. The highest BCUT2D eigenvalue weighted by Gasteiger charge is 2.30. The number of hydrogen-bond acceptors (Lipinski definition) is 3. The molecule has 0 bridgehead atoms. The summed E-state index contributed by atoms with van der Waals surface area (Å²) in [5, 5.41) is 12.2. The number of rotatable bonds is 4. The van der Waals surface area contributed by atoms with E-state index in [9.17, 15) is 9.59 Å². The van der Waals surface area contributed by atoms with E-state index in [0.29, 0.717) is 29.3 Å². The van der Waals surface area contributed by atoms with E-state index in [1.807, 2.05) is 0 Å². The van der Waals surface area contributed by atoms with E-state index >= 15 is 0 Å². The van der Waals surface area contributed by atoms with Crippen molar-refractivity contribution < 1.29 is 19.4 Å². The highest BCUT2D eigenvalue weighted by atomic mass is 35.5. The Morgan fingerprint density at radius 3 is 2.90 bits per heavy atom. The zero-order valence-corrected chi connectivity index (χ0v) is 12.4. The van der Waals surface area contributed by atoms with Crippen LogP contribution in [0.15, 0.2) is 18.2 Å². The second-order valence-electron chi connectivity index (χ2n) is 4.85. The summed E-state index contributed by atoms with van der Waals surface area (Å²) in [6.45, 7) is 0.916. The fraction of sp³-hybridized carbons (Fsp3) is 0.429. The first-order chi connectivity index (χ1) is 10.0. The highest BCUT2D eigenvalue weighted by Crippen LogP contribution is 2.26. The Hall–Kier alpha value is -1.95. The SMILES string of the molecule is COc1cccc(Cl)c1CNC(=O)N1CCC(C(=O)O)C1. The van der Waals surface area contributed by atoms with Crippen LogP contribution in [0.4, 0.5) is 4.79 Å². The minimum absolute atomic E-state index is 0.232. The number of urea groups is 1. The van der Waals surface area contributed by atoms with Crippen LogP contribution >= 0.6 is 11.6 Å². The van der Waals surface area contributed by atoms with E-state index in [-0.39, 0.29) is 19.1 Å². The Bertz CT molecular complexity index is 550. The molecule has 1 heterocycles. The molecule has 1 aliphatic heterocycles. The van der Waals surface area contributed by atoms with Crippen molar-refractivity contribution in [1.82, 2.24) is 10.2 Å². The number of nitrogens with one attached hydrogen (secondary N) is 1. The summed E-state index contributed by atoms with van der Waals surface area (Å²) in [5.41, 5.74) is 0.698. The van der Waals surface area contributed by atoms with Gasteiger partial charge in [0, 0.05) is 30.2 Å². The minimum Gasteiger partial charge on any atom is -0.496 e. The van der Waals surface area contributed by atoms with Gasteiger partial charge in [-0.1, -0.05) is 17.7 Å². The predicted molar refractivity (Wildman–Crippen MR) is 77.6 cm³/mol. The third-order valence-electron chi connectivity index (χ3n) is 3.54. The maximum Gasteiger partial charge on any atom is 0.317 e. The predicted octanol–water partition coefficient (Wildman–Crippen LogP) is 1.96. The zero-order chi connectivity index (χ0) is 15.4. The number of halogens is 1. The normalized spacial score (nSPS) is 17.6. The lowest BCUT2D eigenvalue weighted by Crippen LogP contribution is -2.38. The molecule has 1 fully saturated rings. The smallest absolute Gasteiger partial charge is 0.317 e. The van der Waals surface area contributed by atoms with Gasteiger partial charge in [0.2, 0.25) is 0 Å². The molecular formula is C14H17ClN2O4. The van der Waals surface area contributed by atoms with Crippen molar-refractivity contribution >= 4 is 23.6 Å². The molecule has 2 rings (SSSR count). The molecular weight excluding hydrogens is 296 g/mol. The average molecular weight is 313 g/mol. The molecule has 1 aromatic carbocycles. The fourth-order valence-electron chi connectivity index (χ4n) is 2.32. The van der Waals surface area contributed by atoms with Crippen LogP contribution in [0.1, 0.15) is 12.0 Å². The maximum atomic E-state index is 12.0. The van der Waals surface area contributed by atoms with Crippen LogP contribution < -0.4 is 10.1 Å². The molecule has 1 aliphatic rings. The van der Waals surface area contributed by atoms with E-state index in [0.717, 1.165) is 0 Å². The van der Waals surface area contributed by atoms with Gasteiger partial charge in [0.25, 0.3) is 0 Å². The number of ether oxygens (including phenoxy) is 1. The molecule has 7 heteroatoms. The lowest BCUT2D eigenvalue weighted by Gasteiger charge is -2.18. The lowest BCUT2D eigenvalue weighted by atomic mass is 10.1. The molecule has 1 unspecified atom stereocenters. The largest absolute Gasteiger partial charge is 0.496 e. The number of methoxy groups -OCH3 is 1. The number of hydrogen-bond donors (Lipinski definition) is 2. The van der Waals surface area contributed by atoms with Crippen LogP contribution in [0.25, 0.3) is 0 Å². The molecule has 1 saturated heterocycles. The van der Waals surface area contributed by atoms with Crippen LogP contribution in [0, 0.1) is 5.92 Å². The standard InChI is InChI=1S/C14H17ClN2O4/c1-21-12-4-2-3-11(15)10(12)7-16-14(20)17-6-5-9(8-17)13(18)19/h2-4,9H,5-8H2,1H3,(H,16,20)(H,18,19). The summed E-state index contributed by atoms with van der Waals surface area (Å²) in [6, 6.07) is 4.97. The van der Waals surface area contributed by atoms with Gasteiger partial charge in [0.15, 0.2) is 0 Å². The summed E-state index contributed by atoms with van der Waals surface area (Å²) in [4.78, 5) is 24.4. The van der Waals surface area contributed by atoms with E-state index in [2.05, 4.69) is 5.32 Å². The van der Waals surface area contributed by atoms with Crippen molar-refractivity contribution in [2.75, 3.05) is 20.2 Å². The molecule has 0 saturated carbocycles. The summed E-state index contributed by atoms with van der Waals surface area (Å²) in [7, 11) is 1.54. The molecule has 114 valence electrons. The second-order valence-corrected chi connectivity index (χ2v) is 5.26. The molecule has 1 aromatic rings. The second kappa shape index (κ2) is 6.67. The molecule has 21 heavy (non-hydrogen) atoms. The molecule has 2 amide bonds. The molecule has 0 radical (unpaired) electrons. The molecule has 2 N–H and O–H groups in total. The van der Waals surface area contributed by atoms with Crippen molar-refractivity contribution in [3.8, 4) is 5.75 Å². The first kappa shape index (κ1) is 15.4. The van der Waals surface area contributed by atoms with E-state index in [1.54, 1.807) is 18.2 Å². The Labute approximate surface area is 127 Å². The third kappa shape index (κ3) is 3.58. The number of aliphatic carboxylic acids is 1. The van der Waals surface area contributed by atoms with Gasteiger partial charge in [0.1, 0.15) is 5.75 Å². The summed E-state index contributed by atoms with van der Waals surface area (Å²) >= 11 is 6.09. The number of carbonyl (C=O) groups is 2. The first-order valence-electron chi connectivity index (χ1n) is 6.60. The van der Waals surface area contributed by atoms with Gasteiger partial charge in [-0.2, -0.15) is 0 Å². The Morgan fingerprint density at radius 2 is 2.29 bits per heavy atom. The topological polar surface area (TPSA) is 78.9 Å². The molecule has 0 aromatic heterocycles. The average Bonchev–Trinajstić information content (AvgIpc) is 2.95. The van der Waals surface area contributed by atoms with Gasteiger partial charge >= 0.3 is 12.0 Å². The van der Waals surface area contributed by atoms with Crippen LogP contribution in [0.3, 0.4) is 0 Å². The van der Waals surface area contributed by atoms with Crippen LogP contribution in [-0.2, 0) is 11.3 Å². The van der Waals surface area contributed by atoms with Crippen LogP contribution in [0.5, 0.6) is 5.75 Å². The molecule has 6 nitrogen and oxygen atoms in total. The van der Waals surface area contributed by atoms with Crippen molar-refractivity contribution in [1.29, 1.82) is 0 Å². The van der Waals surface area contributed by atoms with E-state index < -0.39 is 11.9 Å². The lowest BCUT2D eigenvalue weighted by molar-refractivity contribution is -0.141. The van der Waals surface area contributed by atoms with Gasteiger partial charge in [-0.05, 0) is 18.6 Å². The van der Waals surface area contributed by atoms with E-state index in [4.69, 9.17) is 21.4 Å². The first-order valence-corrected chi connectivity index (χ1v) is 6.97. The maximum absolute atomic E-state index is 12.0. The van der Waals surface area contributed by atoms with Crippen molar-refractivity contribution in [3.05, 3.63) is 28.8 Å². The summed E-state index contributed by atoms with van der Waals surface area (Å²) in [5.74, 6) is -0.740. The monoisotopic (exact) mass is 312 g/mol. The number of carboxylic acids is 1. The Kier molecular flexibility index (Phi) is 4.90. The molecule has 0 aliphatic carbocycles. The quantitative estimate of drug-likeness (QED) is 0.891. The van der Waals surface area contributed by atoms with Gasteiger partial charge in [-0.15, -0.1) is 0 Å². The van der Waals surface area contributed by atoms with Gasteiger partial charge in [-0.25, -0.2) is 4.79 Å². The summed E-state index contributed by atoms with van der Waals surface area (Å²) < 4.78 is 5.21. The van der Waals surface area contributed by atoms with Crippen molar-refractivity contribution in [2.24, 2.45) is 5.92 Å². The number of carboxylic acid groups (broad SMARTS) is 1. The highest BCUT2D eigenvalue weighted by molar-refractivity contribution is 6.31. The Morgan fingerprint density at radius 1 is 1.52 bits per heavy atom. The summed E-state index contributed by atoms with van der Waals surface area (Å²) in [6.07, 6.45) is 0.484. The molecule has 0 spiro atoms. The zero-order valence-electron chi connectivity index (χ0n) is 11.6. The van der Waals surface area contributed by atoms with E-state index in [1.165, 1.54) is 12.0 Å². The molecule has 1 atom stereocenters. The van der Waals surface area contributed by atoms with Crippen LogP contribution in [0.2, 0.25) is 5.02 Å². The van der Waals surface area contributed by atoms with Crippen molar-refractivity contribution in [3.63, 3.8) is 0 Å². The minimum atomic E-state index is -0.863. The number of carbonyl (C=O) groups excluding carboxylic acids is 1. The third-order valence-corrected chi connectivity index (χ3v) is 3.89. The van der Waals surface area contributed by atoms with Gasteiger partial charge in [-0.3, -0.25) is 4.79 Å². The van der Waals surface area contributed by atoms with Crippen molar-refractivity contribution in [2.45, 2.75) is 13.0 Å². The number of benzene rings is 1. The number of nitrogens with zero attached hydrogens (tertiary/aromatic N) is 1. The fourth-order valence-corrected chi connectivity index (χ4v) is 2.56. The number of amides is 2. The number of likely N-dealkylation sites (tertiary alicyclic amines) is 1. The van der Waals surface area contributed by atoms with Crippen LogP contribution in [-0.4, -0.2) is 42.2 Å².